The first-order chi connectivity index (χ1) is 9.93. The molecule has 0 saturated carbocycles. The molecule has 2 aromatic rings. The largest absolute Gasteiger partial charge is 0.455 e. The van der Waals surface area contributed by atoms with E-state index >= 15 is 0 Å². The first-order valence-electron chi connectivity index (χ1n) is 5.72. The van der Waals surface area contributed by atoms with Crippen molar-refractivity contribution >= 4 is 37.5 Å². The van der Waals surface area contributed by atoms with E-state index in [9.17, 15) is 14.5 Å². The van der Waals surface area contributed by atoms with E-state index in [2.05, 4.69) is 31.9 Å². The molecule has 0 fully saturated rings. The smallest absolute Gasteiger partial charge is 0.271 e. The molecule has 2 N–H and O–H groups in total. The van der Waals surface area contributed by atoms with Crippen LogP contribution in [0.1, 0.15) is 5.56 Å². The van der Waals surface area contributed by atoms with Crippen molar-refractivity contribution in [3.05, 3.63) is 60.8 Å². The van der Waals surface area contributed by atoms with Gasteiger partial charge in [-0.1, -0.05) is 6.07 Å². The summed E-state index contributed by atoms with van der Waals surface area (Å²) in [7, 11) is 0. The van der Waals surface area contributed by atoms with Crippen molar-refractivity contribution in [2.24, 2.45) is 5.73 Å². The van der Waals surface area contributed by atoms with Gasteiger partial charge in [-0.15, -0.1) is 0 Å². The molecule has 0 bridgehead atoms. The van der Waals surface area contributed by atoms with Gasteiger partial charge in [0, 0.05) is 24.2 Å². The van der Waals surface area contributed by atoms with Gasteiger partial charge in [-0.3, -0.25) is 10.1 Å². The molecule has 5 nitrogen and oxygen atoms in total. The maximum absolute atomic E-state index is 13.7. The number of rotatable bonds is 4. The topological polar surface area (TPSA) is 78.4 Å². The Bertz CT molecular complexity index is 687. The highest BCUT2D eigenvalue weighted by Crippen LogP contribution is 2.40. The molecule has 21 heavy (non-hydrogen) atoms. The van der Waals surface area contributed by atoms with E-state index < -0.39 is 10.7 Å². The molecule has 0 atom stereocenters. The molecule has 0 aliphatic rings. The number of ether oxygens (including phenoxy) is 1. The quantitative estimate of drug-likeness (QED) is 0.584. The van der Waals surface area contributed by atoms with Crippen LogP contribution in [0.2, 0.25) is 0 Å². The van der Waals surface area contributed by atoms with Crippen LogP contribution in [-0.4, -0.2) is 4.92 Å². The first kappa shape index (κ1) is 15.9. The van der Waals surface area contributed by atoms with E-state index in [1.165, 1.54) is 24.3 Å². The molecule has 0 radical (unpaired) electrons. The lowest BCUT2D eigenvalue weighted by Crippen LogP contribution is -2.03. The van der Waals surface area contributed by atoms with Crippen LogP contribution in [0.25, 0.3) is 0 Å². The number of hydrogen-bond acceptors (Lipinski definition) is 4. The highest BCUT2D eigenvalue weighted by atomic mass is 79.9. The highest BCUT2D eigenvalue weighted by Gasteiger charge is 2.17. The number of nitrogens with zero attached hydrogens (tertiary/aromatic N) is 1. The molecule has 0 heterocycles. The van der Waals surface area contributed by atoms with Crippen LogP contribution in [0.4, 0.5) is 10.1 Å². The molecule has 0 saturated heterocycles. The molecule has 110 valence electrons. The summed E-state index contributed by atoms with van der Waals surface area (Å²) in [5.74, 6) is 0.0952. The van der Waals surface area contributed by atoms with Gasteiger partial charge in [-0.05, 0) is 44.0 Å². The van der Waals surface area contributed by atoms with Gasteiger partial charge >= 0.3 is 0 Å². The summed E-state index contributed by atoms with van der Waals surface area (Å²) in [4.78, 5) is 10.3. The third kappa shape index (κ3) is 3.39. The zero-order valence-electron chi connectivity index (χ0n) is 10.5. The molecule has 8 heteroatoms. The fraction of sp³-hybridized carbons (Fsp3) is 0.0769. The van der Waals surface area contributed by atoms with Crippen LogP contribution in [0.3, 0.4) is 0 Å². The van der Waals surface area contributed by atoms with Crippen LogP contribution < -0.4 is 10.5 Å². The van der Waals surface area contributed by atoms with Crippen LogP contribution in [-0.2, 0) is 6.54 Å². The third-order valence-electron chi connectivity index (χ3n) is 2.69. The van der Waals surface area contributed by atoms with Crippen molar-refractivity contribution in [1.29, 1.82) is 0 Å². The molecular weight excluding hydrogens is 411 g/mol. The number of halogens is 3. The molecule has 0 spiro atoms. The Kier molecular flexibility index (Phi) is 4.92. The van der Waals surface area contributed by atoms with E-state index in [4.69, 9.17) is 10.5 Å². The Morgan fingerprint density at radius 1 is 1.29 bits per heavy atom. The molecule has 0 unspecified atom stereocenters. The normalized spacial score (nSPS) is 10.5. The molecule has 2 aromatic carbocycles. The summed E-state index contributed by atoms with van der Waals surface area (Å²) in [6.45, 7) is -0.0236. The maximum atomic E-state index is 13.7. The zero-order chi connectivity index (χ0) is 15.6. The summed E-state index contributed by atoms with van der Waals surface area (Å²) < 4.78 is 20.0. The Balaban J connectivity index is 2.45. The van der Waals surface area contributed by atoms with Gasteiger partial charge in [0.2, 0.25) is 0 Å². The van der Waals surface area contributed by atoms with Crippen LogP contribution in [0.15, 0.2) is 39.3 Å². The highest BCUT2D eigenvalue weighted by molar-refractivity contribution is 9.11. The maximum Gasteiger partial charge on any atom is 0.271 e. The molecule has 2 rings (SSSR count). The van der Waals surface area contributed by atoms with E-state index in [0.717, 1.165) is 0 Å². The lowest BCUT2D eigenvalue weighted by atomic mass is 10.2. The zero-order valence-corrected chi connectivity index (χ0v) is 13.6. The second kappa shape index (κ2) is 6.50. The summed E-state index contributed by atoms with van der Waals surface area (Å²) in [5.41, 5.74) is 5.65. The van der Waals surface area contributed by atoms with Crippen molar-refractivity contribution in [1.82, 2.24) is 0 Å². The monoisotopic (exact) mass is 418 g/mol. The second-order valence-corrected chi connectivity index (χ2v) is 5.73. The van der Waals surface area contributed by atoms with Crippen LogP contribution >= 0.6 is 31.9 Å². The van der Waals surface area contributed by atoms with E-state index in [0.29, 0.717) is 14.7 Å². The van der Waals surface area contributed by atoms with Crippen molar-refractivity contribution in [3.8, 4) is 11.5 Å². The van der Waals surface area contributed by atoms with Gasteiger partial charge in [0.05, 0.1) is 13.9 Å². The molecule has 0 aliphatic heterocycles. The summed E-state index contributed by atoms with van der Waals surface area (Å²) in [6, 6.07) is 6.97. The molecular formula is C13H9Br2FN2O3. The summed E-state index contributed by atoms with van der Waals surface area (Å²) in [5, 5.41) is 10.8. The fourth-order valence-electron chi connectivity index (χ4n) is 1.69. The fourth-order valence-corrected chi connectivity index (χ4v) is 3.02. The molecule has 0 aromatic heterocycles. The second-order valence-electron chi connectivity index (χ2n) is 4.02. The van der Waals surface area contributed by atoms with Gasteiger partial charge < -0.3 is 10.5 Å². The summed E-state index contributed by atoms with van der Waals surface area (Å²) >= 11 is 6.41. The minimum atomic E-state index is -0.521. The van der Waals surface area contributed by atoms with Gasteiger partial charge in [-0.25, -0.2) is 4.39 Å². The standard InChI is InChI=1S/C13H9Br2FN2O3/c14-9-4-7(18(19)20)5-10(15)13(9)21-12-3-1-2-11(16)8(12)6-17/h1-5H,6,17H2. The van der Waals surface area contributed by atoms with Crippen LogP contribution in [0, 0.1) is 15.9 Å². The average Bonchev–Trinajstić information content (AvgIpc) is 2.42. The molecule has 0 amide bonds. The van der Waals surface area contributed by atoms with Gasteiger partial charge in [0.1, 0.15) is 11.6 Å². The first-order valence-corrected chi connectivity index (χ1v) is 7.31. The number of benzene rings is 2. The van der Waals surface area contributed by atoms with Crippen molar-refractivity contribution < 1.29 is 14.1 Å². The predicted molar refractivity (Wildman–Crippen MR) is 82.9 cm³/mol. The van der Waals surface area contributed by atoms with Crippen molar-refractivity contribution in [2.75, 3.05) is 0 Å². The lowest BCUT2D eigenvalue weighted by Gasteiger charge is -2.13. The predicted octanol–water partition coefficient (Wildman–Crippen LogP) is 4.51. The third-order valence-corrected chi connectivity index (χ3v) is 3.86. The number of hydrogen-bond donors (Lipinski definition) is 1. The number of nitro benzene ring substituents is 1. The number of nitro groups is 1. The molecule has 0 aliphatic carbocycles. The number of nitrogens with two attached hydrogens (primary N) is 1. The minimum absolute atomic E-state index is 0.0236. The van der Waals surface area contributed by atoms with Gasteiger partial charge in [0.25, 0.3) is 5.69 Å². The van der Waals surface area contributed by atoms with Crippen LogP contribution in [0.5, 0.6) is 11.5 Å². The average molecular weight is 420 g/mol. The Morgan fingerprint density at radius 2 is 1.90 bits per heavy atom. The van der Waals surface area contributed by atoms with Gasteiger partial charge in [-0.2, -0.15) is 0 Å². The summed E-state index contributed by atoms with van der Waals surface area (Å²) in [6.07, 6.45) is 0. The van der Waals surface area contributed by atoms with Crippen molar-refractivity contribution in [3.63, 3.8) is 0 Å². The van der Waals surface area contributed by atoms with E-state index in [1.807, 2.05) is 0 Å². The van der Waals surface area contributed by atoms with E-state index in [-0.39, 0.29) is 23.5 Å². The Labute approximate surface area is 136 Å². The Hall–Kier alpha value is -1.51. The van der Waals surface area contributed by atoms with E-state index in [1.54, 1.807) is 6.07 Å². The lowest BCUT2D eigenvalue weighted by molar-refractivity contribution is -0.385. The minimum Gasteiger partial charge on any atom is -0.455 e. The van der Waals surface area contributed by atoms with Crippen molar-refractivity contribution in [2.45, 2.75) is 6.54 Å². The van der Waals surface area contributed by atoms with Gasteiger partial charge in [0.15, 0.2) is 5.75 Å². The Morgan fingerprint density at radius 3 is 2.43 bits per heavy atom. The number of non-ortho nitro benzene ring substituents is 1. The SMILES string of the molecule is NCc1c(F)cccc1Oc1c(Br)cc([N+](=O)[O-])cc1Br.